The molecule has 1 saturated heterocycles. The minimum atomic E-state index is -3.37. The van der Waals surface area contributed by atoms with E-state index in [0.717, 1.165) is 24.9 Å². The third-order valence-corrected chi connectivity index (χ3v) is 4.44. The zero-order valence-corrected chi connectivity index (χ0v) is 10.8. The Morgan fingerprint density at radius 3 is 2.88 bits per heavy atom. The van der Waals surface area contributed by atoms with Gasteiger partial charge in [0.25, 0.3) is 0 Å². The zero-order chi connectivity index (χ0) is 12.3. The molecule has 0 unspecified atom stereocenters. The molecule has 0 spiro atoms. The number of hydrogen-bond donors (Lipinski definition) is 2. The van der Waals surface area contributed by atoms with Gasteiger partial charge in [0, 0.05) is 12.6 Å². The highest BCUT2D eigenvalue weighted by Crippen LogP contribution is 2.13. The van der Waals surface area contributed by atoms with Gasteiger partial charge in [0.2, 0.25) is 10.0 Å². The molecule has 2 N–H and O–H groups in total. The van der Waals surface area contributed by atoms with E-state index in [-0.39, 0.29) is 6.04 Å². The Labute approximate surface area is 102 Å². The fourth-order valence-electron chi connectivity index (χ4n) is 2.02. The Morgan fingerprint density at radius 2 is 2.24 bits per heavy atom. The molecule has 0 radical (unpaired) electrons. The molecule has 4 nitrogen and oxygen atoms in total. The van der Waals surface area contributed by atoms with Crippen molar-refractivity contribution in [1.82, 2.24) is 10.0 Å². The van der Waals surface area contributed by atoms with Gasteiger partial charge < -0.3 is 5.32 Å². The monoisotopic (exact) mass is 254 g/mol. The van der Waals surface area contributed by atoms with E-state index < -0.39 is 10.0 Å². The first-order chi connectivity index (χ1) is 8.08. The number of piperidine rings is 1. The van der Waals surface area contributed by atoms with E-state index >= 15 is 0 Å². The van der Waals surface area contributed by atoms with E-state index in [1.807, 2.05) is 13.0 Å². The van der Waals surface area contributed by atoms with Crippen LogP contribution in [0.3, 0.4) is 0 Å². The van der Waals surface area contributed by atoms with Crippen LogP contribution in [-0.2, 0) is 10.0 Å². The van der Waals surface area contributed by atoms with Crippen LogP contribution in [-0.4, -0.2) is 27.5 Å². The molecule has 1 aromatic rings. The first-order valence-electron chi connectivity index (χ1n) is 5.88. The molecule has 1 atom stereocenters. The van der Waals surface area contributed by atoms with Gasteiger partial charge in [0.1, 0.15) is 0 Å². The predicted molar refractivity (Wildman–Crippen MR) is 67.4 cm³/mol. The summed E-state index contributed by atoms with van der Waals surface area (Å²) in [5, 5.41) is 3.19. The number of nitrogens with one attached hydrogen (secondary N) is 2. The molecular formula is C12H18N2O2S. The Kier molecular flexibility index (Phi) is 3.81. The number of benzene rings is 1. The van der Waals surface area contributed by atoms with Crippen molar-refractivity contribution in [3.63, 3.8) is 0 Å². The average molecular weight is 254 g/mol. The molecular weight excluding hydrogens is 236 g/mol. The number of hydrogen-bond acceptors (Lipinski definition) is 3. The largest absolute Gasteiger partial charge is 0.315 e. The van der Waals surface area contributed by atoms with E-state index in [1.165, 1.54) is 0 Å². The predicted octanol–water partition coefficient (Wildman–Crippen LogP) is 1.03. The third-order valence-electron chi connectivity index (χ3n) is 2.92. The molecule has 0 saturated carbocycles. The second-order valence-corrected chi connectivity index (χ2v) is 6.20. The summed E-state index contributed by atoms with van der Waals surface area (Å²) in [5.41, 5.74) is 0.953. The third kappa shape index (κ3) is 3.28. The van der Waals surface area contributed by atoms with E-state index in [9.17, 15) is 8.42 Å². The van der Waals surface area contributed by atoms with Crippen LogP contribution in [0.25, 0.3) is 0 Å². The normalized spacial score (nSPS) is 21.4. The van der Waals surface area contributed by atoms with Gasteiger partial charge in [-0.25, -0.2) is 13.1 Å². The Morgan fingerprint density at radius 1 is 1.41 bits per heavy atom. The highest BCUT2D eigenvalue weighted by atomic mass is 32.2. The molecule has 5 heteroatoms. The van der Waals surface area contributed by atoms with Gasteiger partial charge in [0.15, 0.2) is 0 Å². The van der Waals surface area contributed by atoms with Crippen molar-refractivity contribution in [1.29, 1.82) is 0 Å². The van der Waals surface area contributed by atoms with Crippen molar-refractivity contribution in [2.24, 2.45) is 0 Å². The summed E-state index contributed by atoms with van der Waals surface area (Å²) >= 11 is 0. The van der Waals surface area contributed by atoms with E-state index in [1.54, 1.807) is 18.2 Å². The van der Waals surface area contributed by atoms with Crippen LogP contribution in [0.15, 0.2) is 29.2 Å². The van der Waals surface area contributed by atoms with Crippen LogP contribution in [0.5, 0.6) is 0 Å². The standard InChI is InChI=1S/C12H18N2O2S/c1-10-4-2-6-12(8-10)17(15,16)14-11-5-3-7-13-9-11/h2,4,6,8,11,13-14H,3,5,7,9H2,1H3/t11-/m0/s1. The maximum Gasteiger partial charge on any atom is 0.240 e. The molecule has 0 aromatic heterocycles. The first kappa shape index (κ1) is 12.5. The Balaban J connectivity index is 2.13. The van der Waals surface area contributed by atoms with Crippen LogP contribution in [0.4, 0.5) is 0 Å². The van der Waals surface area contributed by atoms with Crippen molar-refractivity contribution in [2.45, 2.75) is 30.7 Å². The van der Waals surface area contributed by atoms with Crippen molar-refractivity contribution < 1.29 is 8.42 Å². The van der Waals surface area contributed by atoms with Crippen LogP contribution < -0.4 is 10.0 Å². The molecule has 94 valence electrons. The van der Waals surface area contributed by atoms with Crippen LogP contribution in [0, 0.1) is 6.92 Å². The maximum absolute atomic E-state index is 12.1. The molecule has 0 aliphatic carbocycles. The Bertz CT molecular complexity index is 479. The average Bonchev–Trinajstić information content (AvgIpc) is 2.30. The molecule has 1 heterocycles. The fourth-order valence-corrected chi connectivity index (χ4v) is 3.40. The minimum absolute atomic E-state index is 0.00858. The van der Waals surface area contributed by atoms with E-state index in [4.69, 9.17) is 0 Å². The summed E-state index contributed by atoms with van der Waals surface area (Å²) in [4.78, 5) is 0.350. The van der Waals surface area contributed by atoms with Crippen molar-refractivity contribution in [3.05, 3.63) is 29.8 Å². The summed E-state index contributed by atoms with van der Waals surface area (Å²) in [6.07, 6.45) is 1.92. The molecule has 0 bridgehead atoms. The smallest absolute Gasteiger partial charge is 0.240 e. The summed E-state index contributed by atoms with van der Waals surface area (Å²) in [6.45, 7) is 3.58. The summed E-state index contributed by atoms with van der Waals surface area (Å²) in [6, 6.07) is 6.99. The molecule has 1 aromatic carbocycles. The van der Waals surface area contributed by atoms with Crippen molar-refractivity contribution in [2.75, 3.05) is 13.1 Å². The number of rotatable bonds is 3. The second kappa shape index (κ2) is 5.16. The second-order valence-electron chi connectivity index (χ2n) is 4.48. The number of sulfonamides is 1. The van der Waals surface area contributed by atoms with Gasteiger partial charge in [0.05, 0.1) is 4.90 Å². The lowest BCUT2D eigenvalue weighted by Gasteiger charge is -2.23. The van der Waals surface area contributed by atoms with E-state index in [2.05, 4.69) is 10.0 Å². The SMILES string of the molecule is Cc1cccc(S(=O)(=O)N[C@H]2CCCNC2)c1. The van der Waals surface area contributed by atoms with Gasteiger partial charge in [-0.05, 0) is 44.0 Å². The lowest BCUT2D eigenvalue weighted by Crippen LogP contribution is -2.45. The van der Waals surface area contributed by atoms with Crippen LogP contribution >= 0.6 is 0 Å². The van der Waals surface area contributed by atoms with Gasteiger partial charge in [-0.3, -0.25) is 0 Å². The fraction of sp³-hybridized carbons (Fsp3) is 0.500. The molecule has 1 fully saturated rings. The van der Waals surface area contributed by atoms with Crippen LogP contribution in [0.2, 0.25) is 0 Å². The van der Waals surface area contributed by atoms with Crippen molar-refractivity contribution in [3.8, 4) is 0 Å². The summed E-state index contributed by atoms with van der Waals surface area (Å²) in [7, 11) is -3.37. The Hall–Kier alpha value is -0.910. The van der Waals surface area contributed by atoms with Crippen molar-refractivity contribution >= 4 is 10.0 Å². The number of aryl methyl sites for hydroxylation is 1. The molecule has 17 heavy (non-hydrogen) atoms. The molecule has 1 aliphatic rings. The zero-order valence-electron chi connectivity index (χ0n) is 9.94. The minimum Gasteiger partial charge on any atom is -0.315 e. The first-order valence-corrected chi connectivity index (χ1v) is 7.36. The lowest BCUT2D eigenvalue weighted by molar-refractivity contribution is 0.428. The highest BCUT2D eigenvalue weighted by molar-refractivity contribution is 7.89. The molecule has 1 aliphatic heterocycles. The topological polar surface area (TPSA) is 58.2 Å². The van der Waals surface area contributed by atoms with Gasteiger partial charge in [-0.15, -0.1) is 0 Å². The van der Waals surface area contributed by atoms with Gasteiger partial charge >= 0.3 is 0 Å². The summed E-state index contributed by atoms with van der Waals surface area (Å²) in [5.74, 6) is 0. The summed E-state index contributed by atoms with van der Waals surface area (Å²) < 4.78 is 27.0. The maximum atomic E-state index is 12.1. The highest BCUT2D eigenvalue weighted by Gasteiger charge is 2.21. The van der Waals surface area contributed by atoms with Gasteiger partial charge in [-0.2, -0.15) is 0 Å². The van der Waals surface area contributed by atoms with Crippen LogP contribution in [0.1, 0.15) is 18.4 Å². The quantitative estimate of drug-likeness (QED) is 0.847. The van der Waals surface area contributed by atoms with Gasteiger partial charge in [-0.1, -0.05) is 12.1 Å². The van der Waals surface area contributed by atoms with E-state index in [0.29, 0.717) is 11.4 Å². The molecule has 0 amide bonds. The lowest BCUT2D eigenvalue weighted by atomic mass is 10.1. The molecule has 2 rings (SSSR count).